The molecule has 0 atom stereocenters. The molecule has 0 aromatic rings. The van der Waals surface area contributed by atoms with Crippen LogP contribution in [0.5, 0.6) is 0 Å². The Morgan fingerprint density at radius 3 is 2.38 bits per heavy atom. The minimum atomic E-state index is -1.43. The van der Waals surface area contributed by atoms with E-state index in [1.165, 1.54) is 6.20 Å². The molecule has 0 fully saturated rings. The molecule has 0 saturated carbocycles. The number of allylic oxidation sites excluding steroid dienone is 1. The van der Waals surface area contributed by atoms with Gasteiger partial charge in [0.25, 0.3) is 0 Å². The van der Waals surface area contributed by atoms with Crippen LogP contribution in [0.3, 0.4) is 0 Å². The highest BCUT2D eigenvalue weighted by Crippen LogP contribution is 1.94. The molecule has 72 valence electrons. The summed E-state index contributed by atoms with van der Waals surface area (Å²) in [5.74, 6) is 0. The SMILES string of the molecule is CC(=C\N)/C(C)=N/C(=O)NC(=O)O. The van der Waals surface area contributed by atoms with Gasteiger partial charge >= 0.3 is 12.1 Å². The first-order valence-electron chi connectivity index (χ1n) is 3.45. The van der Waals surface area contributed by atoms with Gasteiger partial charge in [0, 0.05) is 5.71 Å². The van der Waals surface area contributed by atoms with E-state index < -0.39 is 12.1 Å². The first-order valence-corrected chi connectivity index (χ1v) is 3.45. The van der Waals surface area contributed by atoms with Gasteiger partial charge in [-0.2, -0.15) is 4.99 Å². The number of carbonyl (C=O) groups excluding carboxylic acids is 1. The van der Waals surface area contributed by atoms with Crippen molar-refractivity contribution in [3.8, 4) is 0 Å². The zero-order chi connectivity index (χ0) is 10.4. The summed E-state index contributed by atoms with van der Waals surface area (Å²) in [5.41, 5.74) is 6.15. The van der Waals surface area contributed by atoms with Crippen molar-refractivity contribution in [1.29, 1.82) is 0 Å². The lowest BCUT2D eigenvalue weighted by atomic mass is 10.2. The molecule has 0 aromatic heterocycles. The van der Waals surface area contributed by atoms with Crippen molar-refractivity contribution in [2.45, 2.75) is 13.8 Å². The largest absolute Gasteiger partial charge is 0.465 e. The van der Waals surface area contributed by atoms with E-state index in [0.717, 1.165) is 0 Å². The Hall–Kier alpha value is -1.85. The van der Waals surface area contributed by atoms with Gasteiger partial charge in [-0.1, -0.05) is 0 Å². The molecular formula is C7H11N3O3. The van der Waals surface area contributed by atoms with E-state index in [2.05, 4.69) is 4.99 Å². The van der Waals surface area contributed by atoms with Crippen LogP contribution in [0.25, 0.3) is 0 Å². The highest BCUT2D eigenvalue weighted by molar-refractivity contribution is 6.05. The summed E-state index contributed by atoms with van der Waals surface area (Å²) in [7, 11) is 0. The van der Waals surface area contributed by atoms with Crippen LogP contribution in [-0.4, -0.2) is 22.9 Å². The van der Waals surface area contributed by atoms with Crippen molar-refractivity contribution in [1.82, 2.24) is 5.32 Å². The fourth-order valence-corrected chi connectivity index (χ4v) is 0.481. The van der Waals surface area contributed by atoms with Crippen molar-refractivity contribution in [2.75, 3.05) is 0 Å². The maximum absolute atomic E-state index is 10.7. The molecule has 13 heavy (non-hydrogen) atoms. The molecule has 6 nitrogen and oxygen atoms in total. The number of amides is 3. The molecule has 0 spiro atoms. The highest BCUT2D eigenvalue weighted by Gasteiger charge is 2.03. The van der Waals surface area contributed by atoms with Gasteiger partial charge in [-0.15, -0.1) is 0 Å². The van der Waals surface area contributed by atoms with E-state index in [1.807, 2.05) is 0 Å². The highest BCUT2D eigenvalue weighted by atomic mass is 16.4. The first-order chi connectivity index (χ1) is 5.97. The summed E-state index contributed by atoms with van der Waals surface area (Å²) in [4.78, 5) is 24.2. The molecular weight excluding hydrogens is 174 g/mol. The molecule has 0 aliphatic rings. The molecule has 0 aliphatic heterocycles. The quantitative estimate of drug-likeness (QED) is 0.523. The van der Waals surface area contributed by atoms with Gasteiger partial charge in [-0.3, -0.25) is 0 Å². The van der Waals surface area contributed by atoms with E-state index in [0.29, 0.717) is 11.3 Å². The van der Waals surface area contributed by atoms with Gasteiger partial charge in [0.2, 0.25) is 0 Å². The number of carboxylic acid groups (broad SMARTS) is 1. The Morgan fingerprint density at radius 1 is 1.46 bits per heavy atom. The molecule has 0 bridgehead atoms. The van der Waals surface area contributed by atoms with E-state index in [4.69, 9.17) is 10.8 Å². The Labute approximate surface area is 75.1 Å². The Kier molecular flexibility index (Phi) is 4.21. The van der Waals surface area contributed by atoms with Crippen LogP contribution in [0.1, 0.15) is 13.8 Å². The van der Waals surface area contributed by atoms with Crippen LogP contribution in [0, 0.1) is 0 Å². The van der Waals surface area contributed by atoms with Gasteiger partial charge in [0.15, 0.2) is 0 Å². The number of carbonyl (C=O) groups is 2. The summed E-state index contributed by atoms with van der Waals surface area (Å²) >= 11 is 0. The van der Waals surface area contributed by atoms with Crippen LogP contribution in [0.2, 0.25) is 0 Å². The Balaban J connectivity index is 4.39. The summed E-state index contributed by atoms with van der Waals surface area (Å²) in [6.45, 7) is 3.22. The summed E-state index contributed by atoms with van der Waals surface area (Å²) in [6, 6.07) is -0.925. The average molecular weight is 185 g/mol. The minimum absolute atomic E-state index is 0.376. The number of urea groups is 1. The predicted molar refractivity (Wildman–Crippen MR) is 47.6 cm³/mol. The van der Waals surface area contributed by atoms with Gasteiger partial charge in [0.1, 0.15) is 0 Å². The first kappa shape index (κ1) is 11.2. The zero-order valence-corrected chi connectivity index (χ0v) is 7.37. The van der Waals surface area contributed by atoms with Crippen molar-refractivity contribution in [2.24, 2.45) is 10.7 Å². The number of imide groups is 1. The smallest absolute Gasteiger partial charge is 0.412 e. The monoisotopic (exact) mass is 185 g/mol. The van der Waals surface area contributed by atoms with Crippen molar-refractivity contribution >= 4 is 17.8 Å². The fourth-order valence-electron chi connectivity index (χ4n) is 0.481. The number of hydrogen-bond donors (Lipinski definition) is 3. The molecule has 4 N–H and O–H groups in total. The summed E-state index contributed by atoms with van der Waals surface area (Å²) in [5, 5.41) is 9.73. The van der Waals surface area contributed by atoms with E-state index in [9.17, 15) is 9.59 Å². The fraction of sp³-hybridized carbons (Fsp3) is 0.286. The number of nitrogens with two attached hydrogens (primary N) is 1. The van der Waals surface area contributed by atoms with Gasteiger partial charge in [-0.05, 0) is 25.6 Å². The summed E-state index contributed by atoms with van der Waals surface area (Å²) in [6.07, 6.45) is -0.150. The lowest BCUT2D eigenvalue weighted by Gasteiger charge is -1.98. The Bertz CT molecular complexity index is 281. The minimum Gasteiger partial charge on any atom is -0.465 e. The maximum Gasteiger partial charge on any atom is 0.412 e. The third-order valence-electron chi connectivity index (χ3n) is 1.30. The molecule has 0 aliphatic carbocycles. The van der Waals surface area contributed by atoms with Crippen LogP contribution >= 0.6 is 0 Å². The van der Waals surface area contributed by atoms with Crippen LogP contribution in [0.15, 0.2) is 16.8 Å². The van der Waals surface area contributed by atoms with Crippen LogP contribution in [-0.2, 0) is 0 Å². The predicted octanol–water partition coefficient (Wildman–Crippen LogP) is 0.697. The summed E-state index contributed by atoms with van der Waals surface area (Å²) < 4.78 is 0. The lowest BCUT2D eigenvalue weighted by molar-refractivity contribution is 0.193. The molecule has 0 radical (unpaired) electrons. The van der Waals surface area contributed by atoms with Crippen molar-refractivity contribution < 1.29 is 14.7 Å². The number of aliphatic imine (C=N–C) groups is 1. The maximum atomic E-state index is 10.7. The molecule has 0 unspecified atom stereocenters. The number of hydrogen-bond acceptors (Lipinski definition) is 3. The van der Waals surface area contributed by atoms with E-state index in [-0.39, 0.29) is 0 Å². The number of nitrogens with one attached hydrogen (secondary N) is 1. The number of rotatable bonds is 1. The van der Waals surface area contributed by atoms with Crippen LogP contribution < -0.4 is 11.1 Å². The molecule has 6 heteroatoms. The molecule has 0 saturated heterocycles. The molecule has 0 rings (SSSR count). The van der Waals surface area contributed by atoms with Gasteiger partial charge in [-0.25, -0.2) is 14.9 Å². The second-order valence-electron chi connectivity index (χ2n) is 2.28. The standard InChI is InChI=1S/C7H11N3O3/c1-4(3-8)5(2)9-6(11)10-7(12)13/h3H,8H2,1-2H3,(H,10,11)(H,12,13)/b4-3+,9-5+. The normalized spacial score (nSPS) is 12.5. The molecule has 3 amide bonds. The third-order valence-corrected chi connectivity index (χ3v) is 1.30. The molecule has 0 heterocycles. The zero-order valence-electron chi connectivity index (χ0n) is 7.37. The lowest BCUT2D eigenvalue weighted by Crippen LogP contribution is -2.26. The van der Waals surface area contributed by atoms with E-state index >= 15 is 0 Å². The van der Waals surface area contributed by atoms with Gasteiger partial charge < -0.3 is 10.8 Å². The van der Waals surface area contributed by atoms with Crippen molar-refractivity contribution in [3.05, 3.63) is 11.8 Å². The third kappa shape index (κ3) is 4.57. The van der Waals surface area contributed by atoms with Crippen molar-refractivity contribution in [3.63, 3.8) is 0 Å². The second-order valence-corrected chi connectivity index (χ2v) is 2.28. The van der Waals surface area contributed by atoms with Crippen LogP contribution in [0.4, 0.5) is 9.59 Å². The van der Waals surface area contributed by atoms with E-state index in [1.54, 1.807) is 19.2 Å². The molecule has 0 aromatic carbocycles. The number of nitrogens with zero attached hydrogens (tertiary/aromatic N) is 1. The Morgan fingerprint density at radius 2 is 2.00 bits per heavy atom. The average Bonchev–Trinajstić information content (AvgIpc) is 2.01. The second kappa shape index (κ2) is 4.91. The topological polar surface area (TPSA) is 105 Å². The van der Waals surface area contributed by atoms with Gasteiger partial charge in [0.05, 0.1) is 0 Å².